The van der Waals surface area contributed by atoms with Gasteiger partial charge in [0.1, 0.15) is 12.3 Å². The van der Waals surface area contributed by atoms with E-state index in [2.05, 4.69) is 5.32 Å². The zero-order valence-electron chi connectivity index (χ0n) is 14.9. The molecule has 0 unspecified atom stereocenters. The molecule has 7 heteroatoms. The number of esters is 1. The summed E-state index contributed by atoms with van der Waals surface area (Å²) in [6.45, 7) is 3.07. The number of hydrogen-bond donors (Lipinski definition) is 1. The van der Waals surface area contributed by atoms with Gasteiger partial charge in [-0.15, -0.1) is 0 Å². The van der Waals surface area contributed by atoms with E-state index in [1.165, 1.54) is 0 Å². The highest BCUT2D eigenvalue weighted by Gasteiger charge is 2.36. The standard InChI is InChI=1S/C20H18N2O5/c1-3-18(24)27-13-8-9-16(12(2)10-13)21-17(23)11-22-19(25)14-6-4-5-7-15(14)20(22)26/h4-10H,3,11H2,1-2H3,(H,21,23). The molecule has 1 aliphatic rings. The van der Waals surface area contributed by atoms with Crippen LogP contribution in [0.4, 0.5) is 5.69 Å². The van der Waals surface area contributed by atoms with Crippen molar-refractivity contribution in [1.82, 2.24) is 4.90 Å². The molecule has 2 aromatic carbocycles. The molecule has 0 saturated heterocycles. The van der Waals surface area contributed by atoms with Crippen molar-refractivity contribution < 1.29 is 23.9 Å². The smallest absolute Gasteiger partial charge is 0.310 e. The third-order valence-electron chi connectivity index (χ3n) is 4.17. The molecule has 1 aliphatic heterocycles. The Kier molecular flexibility index (Phi) is 5.03. The van der Waals surface area contributed by atoms with Crippen LogP contribution < -0.4 is 10.1 Å². The highest BCUT2D eigenvalue weighted by atomic mass is 16.5. The third-order valence-corrected chi connectivity index (χ3v) is 4.17. The quantitative estimate of drug-likeness (QED) is 0.499. The number of nitrogens with one attached hydrogen (secondary N) is 1. The van der Waals surface area contributed by atoms with Gasteiger partial charge in [-0.3, -0.25) is 24.1 Å². The maximum atomic E-state index is 12.3. The summed E-state index contributed by atoms with van der Waals surface area (Å²) in [6, 6.07) is 11.3. The highest BCUT2D eigenvalue weighted by molar-refractivity contribution is 6.22. The number of benzene rings is 2. The van der Waals surface area contributed by atoms with Gasteiger partial charge in [0.05, 0.1) is 11.1 Å². The predicted octanol–water partition coefficient (Wildman–Crippen LogP) is 2.55. The molecule has 7 nitrogen and oxygen atoms in total. The lowest BCUT2D eigenvalue weighted by atomic mass is 10.1. The Balaban J connectivity index is 1.67. The van der Waals surface area contributed by atoms with Crippen LogP contribution in [0, 0.1) is 6.92 Å². The second-order valence-electron chi connectivity index (χ2n) is 6.09. The first-order valence-corrected chi connectivity index (χ1v) is 8.47. The fraction of sp³-hybridized carbons (Fsp3) is 0.200. The van der Waals surface area contributed by atoms with Gasteiger partial charge >= 0.3 is 5.97 Å². The van der Waals surface area contributed by atoms with Gasteiger partial charge in [-0.05, 0) is 42.8 Å². The van der Waals surface area contributed by atoms with Gasteiger partial charge in [-0.1, -0.05) is 19.1 Å². The van der Waals surface area contributed by atoms with Gasteiger partial charge in [0.15, 0.2) is 0 Å². The molecule has 3 amide bonds. The molecule has 0 radical (unpaired) electrons. The van der Waals surface area contributed by atoms with Crippen LogP contribution in [0.3, 0.4) is 0 Å². The Bertz CT molecular complexity index is 916. The molecular formula is C20H18N2O5. The number of carbonyl (C=O) groups excluding carboxylic acids is 4. The number of amides is 3. The Hall–Kier alpha value is -3.48. The molecule has 0 aliphatic carbocycles. The second kappa shape index (κ2) is 7.41. The molecule has 0 atom stereocenters. The maximum absolute atomic E-state index is 12.3. The van der Waals surface area contributed by atoms with Crippen LogP contribution in [0.25, 0.3) is 0 Å². The SMILES string of the molecule is CCC(=O)Oc1ccc(NC(=O)CN2C(=O)c3ccccc3C2=O)c(C)c1. The van der Waals surface area contributed by atoms with Crippen LogP contribution in [0.5, 0.6) is 5.75 Å². The van der Waals surface area contributed by atoms with E-state index in [1.54, 1.807) is 56.3 Å². The van der Waals surface area contributed by atoms with E-state index in [4.69, 9.17) is 4.74 Å². The first-order chi connectivity index (χ1) is 12.9. The van der Waals surface area contributed by atoms with Crippen LogP contribution in [0.15, 0.2) is 42.5 Å². The van der Waals surface area contributed by atoms with Crippen molar-refractivity contribution in [2.45, 2.75) is 20.3 Å². The highest BCUT2D eigenvalue weighted by Crippen LogP contribution is 2.24. The average Bonchev–Trinajstić information content (AvgIpc) is 2.89. The first-order valence-electron chi connectivity index (χ1n) is 8.47. The molecule has 27 heavy (non-hydrogen) atoms. The summed E-state index contributed by atoms with van der Waals surface area (Å²) in [4.78, 5) is 49.2. The second-order valence-corrected chi connectivity index (χ2v) is 6.09. The van der Waals surface area contributed by atoms with Crippen LogP contribution >= 0.6 is 0 Å². The molecule has 0 fully saturated rings. The number of anilines is 1. The summed E-state index contributed by atoms with van der Waals surface area (Å²) in [5.74, 6) is -1.42. The number of fused-ring (bicyclic) bond motifs is 1. The largest absolute Gasteiger partial charge is 0.427 e. The van der Waals surface area contributed by atoms with Crippen molar-refractivity contribution in [3.05, 3.63) is 59.2 Å². The average molecular weight is 366 g/mol. The summed E-state index contributed by atoms with van der Waals surface area (Å²) in [6.07, 6.45) is 0.262. The molecule has 1 N–H and O–H groups in total. The van der Waals surface area contributed by atoms with E-state index in [-0.39, 0.29) is 18.9 Å². The lowest BCUT2D eigenvalue weighted by Crippen LogP contribution is -2.37. The number of nitrogens with zero attached hydrogens (tertiary/aromatic N) is 1. The van der Waals surface area contributed by atoms with E-state index < -0.39 is 17.7 Å². The number of ether oxygens (including phenoxy) is 1. The molecular weight excluding hydrogens is 348 g/mol. The van der Waals surface area contributed by atoms with Crippen molar-refractivity contribution >= 4 is 29.4 Å². The topological polar surface area (TPSA) is 92.8 Å². The molecule has 0 spiro atoms. The third kappa shape index (κ3) is 3.72. The minimum atomic E-state index is -0.495. The van der Waals surface area contributed by atoms with Crippen molar-refractivity contribution in [2.24, 2.45) is 0 Å². The van der Waals surface area contributed by atoms with E-state index in [1.807, 2.05) is 0 Å². The van der Waals surface area contributed by atoms with Gasteiger partial charge < -0.3 is 10.1 Å². The maximum Gasteiger partial charge on any atom is 0.310 e. The van der Waals surface area contributed by atoms with E-state index in [0.717, 1.165) is 4.90 Å². The first kappa shape index (κ1) is 18.3. The molecule has 3 rings (SSSR count). The summed E-state index contributed by atoms with van der Waals surface area (Å²) in [5, 5.41) is 2.67. The summed E-state index contributed by atoms with van der Waals surface area (Å²) < 4.78 is 5.13. The predicted molar refractivity (Wildman–Crippen MR) is 97.5 cm³/mol. The monoisotopic (exact) mass is 366 g/mol. The zero-order valence-corrected chi connectivity index (χ0v) is 14.9. The number of rotatable bonds is 5. The molecule has 2 aromatic rings. The molecule has 0 saturated carbocycles. The fourth-order valence-electron chi connectivity index (χ4n) is 2.76. The van der Waals surface area contributed by atoms with E-state index >= 15 is 0 Å². The van der Waals surface area contributed by atoms with Crippen molar-refractivity contribution in [3.8, 4) is 5.75 Å². The number of imide groups is 1. The summed E-state index contributed by atoms with van der Waals surface area (Å²) >= 11 is 0. The Morgan fingerprint density at radius 3 is 2.22 bits per heavy atom. The Morgan fingerprint density at radius 2 is 1.67 bits per heavy atom. The minimum Gasteiger partial charge on any atom is -0.427 e. The van der Waals surface area contributed by atoms with Crippen LogP contribution in [-0.2, 0) is 9.59 Å². The Labute approximate surface area is 155 Å². The van der Waals surface area contributed by atoms with Crippen LogP contribution in [-0.4, -0.2) is 35.1 Å². The molecule has 0 aromatic heterocycles. The summed E-state index contributed by atoms with van der Waals surface area (Å²) in [7, 11) is 0. The summed E-state index contributed by atoms with van der Waals surface area (Å²) in [5.41, 5.74) is 1.79. The van der Waals surface area contributed by atoms with Gasteiger partial charge in [-0.2, -0.15) is 0 Å². The number of carbonyl (C=O) groups is 4. The lowest BCUT2D eigenvalue weighted by Gasteiger charge is -2.15. The zero-order chi connectivity index (χ0) is 19.6. The lowest BCUT2D eigenvalue weighted by molar-refractivity contribution is -0.134. The number of aryl methyl sites for hydroxylation is 1. The van der Waals surface area contributed by atoms with E-state index in [0.29, 0.717) is 28.1 Å². The van der Waals surface area contributed by atoms with Gasteiger partial charge in [0.25, 0.3) is 11.8 Å². The molecule has 0 bridgehead atoms. The minimum absolute atomic E-state index is 0.262. The van der Waals surface area contributed by atoms with Gasteiger partial charge in [0.2, 0.25) is 5.91 Å². The Morgan fingerprint density at radius 1 is 1.04 bits per heavy atom. The molecule has 138 valence electrons. The van der Waals surface area contributed by atoms with Crippen LogP contribution in [0.2, 0.25) is 0 Å². The van der Waals surface area contributed by atoms with Crippen molar-refractivity contribution in [1.29, 1.82) is 0 Å². The van der Waals surface area contributed by atoms with E-state index in [9.17, 15) is 19.2 Å². The van der Waals surface area contributed by atoms with Gasteiger partial charge in [-0.25, -0.2) is 0 Å². The normalized spacial score (nSPS) is 12.7. The van der Waals surface area contributed by atoms with Crippen LogP contribution in [0.1, 0.15) is 39.6 Å². The molecule has 1 heterocycles. The number of hydrogen-bond acceptors (Lipinski definition) is 5. The van der Waals surface area contributed by atoms with Crippen molar-refractivity contribution in [3.63, 3.8) is 0 Å². The van der Waals surface area contributed by atoms with Crippen molar-refractivity contribution in [2.75, 3.05) is 11.9 Å². The fourth-order valence-corrected chi connectivity index (χ4v) is 2.76. The van der Waals surface area contributed by atoms with Gasteiger partial charge in [0, 0.05) is 12.1 Å².